The smallest absolute Gasteiger partial charge is 0.259 e. The van der Waals surface area contributed by atoms with Crippen molar-refractivity contribution in [2.24, 2.45) is 0 Å². The van der Waals surface area contributed by atoms with Crippen molar-refractivity contribution in [2.45, 2.75) is 0 Å². The lowest BCUT2D eigenvalue weighted by molar-refractivity contribution is 0.475. The van der Waals surface area contributed by atoms with Gasteiger partial charge in [-0.2, -0.15) is 5.26 Å². The van der Waals surface area contributed by atoms with Crippen molar-refractivity contribution in [1.29, 1.82) is 5.26 Å². The van der Waals surface area contributed by atoms with E-state index in [9.17, 15) is 15.2 Å². The first-order chi connectivity index (χ1) is 10.7. The van der Waals surface area contributed by atoms with Gasteiger partial charge >= 0.3 is 0 Å². The monoisotopic (exact) mass is 289 g/mol. The molecule has 0 saturated carbocycles. The fraction of sp³-hybridized carbons (Fsp3) is 0. The van der Waals surface area contributed by atoms with E-state index in [1.54, 1.807) is 42.5 Å². The van der Waals surface area contributed by atoms with Crippen molar-refractivity contribution in [3.63, 3.8) is 0 Å². The van der Waals surface area contributed by atoms with Crippen molar-refractivity contribution >= 4 is 22.6 Å². The minimum absolute atomic E-state index is 0.146. The summed E-state index contributed by atoms with van der Waals surface area (Å²) in [7, 11) is 0. The normalized spacial score (nSPS) is 11.3. The van der Waals surface area contributed by atoms with Gasteiger partial charge in [0.05, 0.1) is 16.5 Å². The predicted molar refractivity (Wildman–Crippen MR) is 84.0 cm³/mol. The molecule has 0 aliphatic carbocycles. The number of nitrogens with one attached hydrogen (secondary N) is 1. The van der Waals surface area contributed by atoms with Crippen molar-refractivity contribution in [3.05, 3.63) is 70.3 Å². The van der Waals surface area contributed by atoms with Crippen LogP contribution >= 0.6 is 0 Å². The first-order valence-corrected chi connectivity index (χ1v) is 6.57. The number of rotatable bonds is 2. The Morgan fingerprint density at radius 1 is 1.18 bits per heavy atom. The highest BCUT2D eigenvalue weighted by molar-refractivity contribution is 5.89. The first-order valence-electron chi connectivity index (χ1n) is 6.57. The Bertz CT molecular complexity index is 964. The molecule has 3 aromatic rings. The van der Waals surface area contributed by atoms with E-state index in [1.165, 1.54) is 12.1 Å². The van der Waals surface area contributed by atoms with Gasteiger partial charge in [0.15, 0.2) is 5.82 Å². The van der Waals surface area contributed by atoms with Crippen molar-refractivity contribution in [3.8, 4) is 11.8 Å². The number of benzene rings is 2. The Morgan fingerprint density at radius 2 is 1.91 bits per heavy atom. The highest BCUT2D eigenvalue weighted by Crippen LogP contribution is 2.17. The van der Waals surface area contributed by atoms with Crippen LogP contribution in [0.5, 0.6) is 5.75 Å². The van der Waals surface area contributed by atoms with Crippen LogP contribution in [0.15, 0.2) is 53.3 Å². The zero-order valence-corrected chi connectivity index (χ0v) is 11.4. The van der Waals surface area contributed by atoms with Crippen LogP contribution in [0.4, 0.5) is 0 Å². The fourth-order valence-electron chi connectivity index (χ4n) is 2.10. The number of phenolic OH excluding ortho intramolecular Hbond substituents is 1. The minimum Gasteiger partial charge on any atom is -0.508 e. The summed E-state index contributed by atoms with van der Waals surface area (Å²) in [5, 5.41) is 19.1. The number of fused-ring (bicyclic) bond motifs is 1. The van der Waals surface area contributed by atoms with Crippen LogP contribution in [0, 0.1) is 11.3 Å². The van der Waals surface area contributed by atoms with Gasteiger partial charge in [-0.1, -0.05) is 24.3 Å². The van der Waals surface area contributed by atoms with Gasteiger partial charge in [0.25, 0.3) is 5.56 Å². The zero-order valence-electron chi connectivity index (χ0n) is 11.4. The van der Waals surface area contributed by atoms with E-state index in [1.807, 2.05) is 6.07 Å². The summed E-state index contributed by atoms with van der Waals surface area (Å²) in [6.45, 7) is 0. The standard InChI is InChI=1S/C17H11N3O2/c18-10-12(9-11-5-7-13(21)8-6-11)16-19-15-4-2-1-3-14(15)17(22)20-16/h1-9,21H,(H,19,20,22). The summed E-state index contributed by atoms with van der Waals surface area (Å²) in [4.78, 5) is 19.0. The van der Waals surface area contributed by atoms with Crippen molar-refractivity contribution < 1.29 is 5.11 Å². The predicted octanol–water partition coefficient (Wildman–Crippen LogP) is 2.69. The molecule has 2 N–H and O–H groups in total. The molecule has 1 heterocycles. The number of aromatic nitrogens is 2. The van der Waals surface area contributed by atoms with Gasteiger partial charge in [0.2, 0.25) is 0 Å². The van der Waals surface area contributed by atoms with Gasteiger partial charge in [-0.15, -0.1) is 0 Å². The highest BCUT2D eigenvalue weighted by atomic mass is 16.3. The van der Waals surface area contributed by atoms with Crippen LogP contribution in [-0.2, 0) is 0 Å². The van der Waals surface area contributed by atoms with E-state index in [0.29, 0.717) is 10.9 Å². The molecular formula is C17H11N3O2. The van der Waals surface area contributed by atoms with E-state index in [-0.39, 0.29) is 22.7 Å². The maximum atomic E-state index is 12.1. The third-order valence-corrected chi connectivity index (χ3v) is 3.19. The van der Waals surface area contributed by atoms with Crippen LogP contribution in [0.3, 0.4) is 0 Å². The second kappa shape index (κ2) is 5.54. The summed E-state index contributed by atoms with van der Waals surface area (Å²) in [6, 6.07) is 15.4. The summed E-state index contributed by atoms with van der Waals surface area (Å²) in [5.74, 6) is 0.368. The largest absolute Gasteiger partial charge is 0.508 e. The van der Waals surface area contributed by atoms with Crippen molar-refractivity contribution in [1.82, 2.24) is 9.97 Å². The molecular weight excluding hydrogens is 278 g/mol. The van der Waals surface area contributed by atoms with Crippen LogP contribution in [0.2, 0.25) is 0 Å². The Morgan fingerprint density at radius 3 is 2.64 bits per heavy atom. The summed E-state index contributed by atoms with van der Waals surface area (Å²) in [6.07, 6.45) is 1.60. The summed E-state index contributed by atoms with van der Waals surface area (Å²) in [5.41, 5.74) is 1.22. The maximum Gasteiger partial charge on any atom is 0.259 e. The highest BCUT2D eigenvalue weighted by Gasteiger charge is 2.08. The molecule has 3 rings (SSSR count). The first kappa shape index (κ1) is 13.6. The zero-order chi connectivity index (χ0) is 15.5. The molecule has 0 aliphatic rings. The fourth-order valence-corrected chi connectivity index (χ4v) is 2.10. The van der Waals surface area contributed by atoms with Gasteiger partial charge in [0, 0.05) is 0 Å². The van der Waals surface area contributed by atoms with Crippen LogP contribution in [-0.4, -0.2) is 15.1 Å². The number of hydrogen-bond acceptors (Lipinski definition) is 4. The van der Waals surface area contributed by atoms with Crippen LogP contribution in [0.1, 0.15) is 11.4 Å². The van der Waals surface area contributed by atoms with Crippen LogP contribution < -0.4 is 5.56 Å². The molecule has 106 valence electrons. The molecule has 5 nitrogen and oxygen atoms in total. The number of allylic oxidation sites excluding steroid dienone is 1. The van der Waals surface area contributed by atoms with Gasteiger partial charge in [-0.25, -0.2) is 4.98 Å². The molecule has 0 unspecified atom stereocenters. The Balaban J connectivity index is 2.13. The van der Waals surface area contributed by atoms with E-state index in [2.05, 4.69) is 9.97 Å². The van der Waals surface area contributed by atoms with E-state index in [4.69, 9.17) is 0 Å². The number of hydrogen-bond donors (Lipinski definition) is 2. The molecule has 0 bridgehead atoms. The van der Waals surface area contributed by atoms with E-state index in [0.717, 1.165) is 5.56 Å². The lowest BCUT2D eigenvalue weighted by Crippen LogP contribution is -2.11. The number of H-pyrrole nitrogens is 1. The number of para-hydroxylation sites is 1. The SMILES string of the molecule is N#CC(=Cc1ccc(O)cc1)c1nc2ccccc2c(=O)[nH]1. The van der Waals surface area contributed by atoms with Gasteiger partial charge < -0.3 is 10.1 Å². The Kier molecular flexibility index (Phi) is 3.42. The number of aromatic hydroxyl groups is 1. The third-order valence-electron chi connectivity index (χ3n) is 3.19. The summed E-state index contributed by atoms with van der Waals surface area (Å²) < 4.78 is 0. The molecule has 2 aromatic carbocycles. The Hall–Kier alpha value is -3.39. The molecule has 0 spiro atoms. The Labute approximate surface area is 125 Å². The molecule has 0 aliphatic heterocycles. The molecule has 0 amide bonds. The molecule has 0 radical (unpaired) electrons. The number of nitriles is 1. The van der Waals surface area contributed by atoms with Gasteiger partial charge in [-0.3, -0.25) is 4.79 Å². The molecule has 22 heavy (non-hydrogen) atoms. The maximum absolute atomic E-state index is 12.1. The van der Waals surface area contributed by atoms with Crippen molar-refractivity contribution in [2.75, 3.05) is 0 Å². The molecule has 0 saturated heterocycles. The number of aromatic amines is 1. The number of nitrogens with zero attached hydrogens (tertiary/aromatic N) is 2. The van der Waals surface area contributed by atoms with E-state index < -0.39 is 0 Å². The average Bonchev–Trinajstić information content (AvgIpc) is 2.54. The van der Waals surface area contributed by atoms with Gasteiger partial charge in [-0.05, 0) is 35.9 Å². The lowest BCUT2D eigenvalue weighted by Gasteiger charge is -2.02. The topological polar surface area (TPSA) is 89.8 Å². The third kappa shape index (κ3) is 2.58. The average molecular weight is 289 g/mol. The molecule has 5 heteroatoms. The second-order valence-corrected chi connectivity index (χ2v) is 4.69. The molecule has 0 atom stereocenters. The van der Waals surface area contributed by atoms with E-state index >= 15 is 0 Å². The number of phenols is 1. The molecule has 0 fully saturated rings. The summed E-state index contributed by atoms with van der Waals surface area (Å²) >= 11 is 0. The minimum atomic E-state index is -0.285. The molecule has 1 aromatic heterocycles. The lowest BCUT2D eigenvalue weighted by atomic mass is 10.1. The van der Waals surface area contributed by atoms with Gasteiger partial charge in [0.1, 0.15) is 11.8 Å². The quantitative estimate of drug-likeness (QED) is 0.710. The van der Waals surface area contributed by atoms with Crippen LogP contribution in [0.25, 0.3) is 22.6 Å². The second-order valence-electron chi connectivity index (χ2n) is 4.69.